The van der Waals surface area contributed by atoms with Gasteiger partial charge in [-0.1, -0.05) is 23.4 Å². The first-order chi connectivity index (χ1) is 37.0. The number of nitrogens with zero attached hydrogens (tertiary/aromatic N) is 17. The van der Waals surface area contributed by atoms with Crippen molar-refractivity contribution < 1.29 is 17.8 Å². The van der Waals surface area contributed by atoms with E-state index < -0.39 is 0 Å². The summed E-state index contributed by atoms with van der Waals surface area (Å²) in [4.78, 5) is 55.7. The molecule has 0 amide bonds. The van der Waals surface area contributed by atoms with E-state index in [1.54, 1.807) is 159 Å². The van der Waals surface area contributed by atoms with Crippen LogP contribution >= 0.6 is 22.7 Å². The molecule has 14 heterocycles. The Morgan fingerprint density at radius 1 is 0.311 bits per heavy atom. The standard InChI is InChI=1S/C5H5N.2C4H4N2.C4H5N.C4H4O.C4H4S.C3H3N3.3C3H4N2.C3H3NO.C3H3NS.2C2H2N2O/c1-2-4-6-5-3-1;1-2-6-4-3-5-1;1-2-5-4-6-3-1;3*1-2-4-5-3-1;1-4-2-6-3-5-1;2*1-2-5-3-4-1;1-2-4-5-3-1;2*1-2-5-3-4-1;1-3-4-2-5-1;1-3-2-5-4-1/h1-5H;2*1-4H;1-5H;2*1-4H;1-3H;3*1-3H,(H,4,5);2*1-3H;2*1-2H. The normalized spacial score (nSPS) is 8.00. The maximum Gasteiger partial charge on any atom is 0.213 e. The van der Waals surface area contributed by atoms with E-state index in [2.05, 4.69) is 123 Å². The molecule has 14 aromatic rings. The minimum absolute atomic E-state index is 1.26. The van der Waals surface area contributed by atoms with Gasteiger partial charge in [0.25, 0.3) is 0 Å². The molecule has 27 heteroatoms. The molecule has 0 saturated carbocycles. The molecule has 0 atom stereocenters. The highest BCUT2D eigenvalue weighted by atomic mass is 32.1. The molecular formula is C47H51N21O4S2. The van der Waals surface area contributed by atoms with E-state index in [0.29, 0.717) is 0 Å². The van der Waals surface area contributed by atoms with Gasteiger partial charge in [-0.15, -0.1) is 21.5 Å². The number of rotatable bonds is 0. The van der Waals surface area contributed by atoms with Crippen molar-refractivity contribution in [1.29, 1.82) is 0 Å². The number of thiophene rings is 1. The summed E-state index contributed by atoms with van der Waals surface area (Å²) in [6.45, 7) is 0. The molecule has 4 N–H and O–H groups in total. The van der Waals surface area contributed by atoms with Crippen LogP contribution in [0, 0.1) is 0 Å². The van der Waals surface area contributed by atoms with E-state index in [4.69, 9.17) is 0 Å². The fourth-order valence-electron chi connectivity index (χ4n) is 3.02. The van der Waals surface area contributed by atoms with E-state index in [1.165, 1.54) is 63.5 Å². The molecule has 380 valence electrons. The van der Waals surface area contributed by atoms with Crippen LogP contribution in [0.15, 0.2) is 306 Å². The van der Waals surface area contributed by atoms with Crippen molar-refractivity contribution in [2.45, 2.75) is 0 Å². The number of H-pyrrole nitrogens is 4. The van der Waals surface area contributed by atoms with Gasteiger partial charge in [-0.2, -0.15) is 16.4 Å². The predicted octanol–water partition coefficient (Wildman–Crippen LogP) is 9.13. The zero-order valence-electron chi connectivity index (χ0n) is 39.2. The molecule has 0 unspecified atom stereocenters. The Morgan fingerprint density at radius 3 is 1.11 bits per heavy atom. The molecule has 0 bridgehead atoms. The van der Waals surface area contributed by atoms with Crippen molar-refractivity contribution in [1.82, 2.24) is 105 Å². The van der Waals surface area contributed by atoms with Crippen LogP contribution in [0.3, 0.4) is 0 Å². The molecule has 0 saturated heterocycles. The molecule has 0 spiro atoms. The highest BCUT2D eigenvalue weighted by Gasteiger charge is 1.65. The third-order valence-electron chi connectivity index (χ3n) is 5.75. The Kier molecular flexibility index (Phi) is 48.5. The van der Waals surface area contributed by atoms with Crippen molar-refractivity contribution in [3.8, 4) is 0 Å². The van der Waals surface area contributed by atoms with Crippen molar-refractivity contribution in [2.75, 3.05) is 0 Å². The number of aromatic nitrogens is 21. The van der Waals surface area contributed by atoms with E-state index in [1.807, 2.05) is 89.2 Å². The third kappa shape index (κ3) is 55.7. The summed E-state index contributed by atoms with van der Waals surface area (Å²) in [5.74, 6) is 0. The quantitative estimate of drug-likeness (QED) is 0.110. The first kappa shape index (κ1) is 61.3. The van der Waals surface area contributed by atoms with Crippen molar-refractivity contribution in [2.24, 2.45) is 0 Å². The van der Waals surface area contributed by atoms with E-state index in [0.717, 1.165) is 0 Å². The van der Waals surface area contributed by atoms with Crippen LogP contribution in [0.4, 0.5) is 0 Å². The van der Waals surface area contributed by atoms with Gasteiger partial charge in [-0.05, 0) is 59.3 Å². The zero-order chi connectivity index (χ0) is 52.3. The van der Waals surface area contributed by atoms with Gasteiger partial charge in [0.2, 0.25) is 19.2 Å². The number of pyridine rings is 1. The average Bonchev–Trinajstić information content (AvgIpc) is 4.33. The molecule has 0 aromatic carbocycles. The number of hydrogen-bond acceptors (Lipinski definition) is 23. The fraction of sp³-hybridized carbons (Fsp3) is 0. The van der Waals surface area contributed by atoms with Crippen LogP contribution in [0.25, 0.3) is 0 Å². The maximum absolute atomic E-state index is 4.58. The van der Waals surface area contributed by atoms with Crippen LogP contribution in [-0.2, 0) is 0 Å². The summed E-state index contributed by atoms with van der Waals surface area (Å²) >= 11 is 3.31. The fourth-order valence-corrected chi connectivity index (χ4v) is 3.83. The molecule has 14 rings (SSSR count). The number of oxazole rings is 1. The van der Waals surface area contributed by atoms with Gasteiger partial charge in [0, 0.05) is 111 Å². The van der Waals surface area contributed by atoms with E-state index >= 15 is 0 Å². The van der Waals surface area contributed by atoms with Gasteiger partial charge in [0.05, 0.1) is 36.9 Å². The van der Waals surface area contributed by atoms with E-state index in [9.17, 15) is 0 Å². The highest BCUT2D eigenvalue weighted by molar-refractivity contribution is 7.07. The minimum atomic E-state index is 1.26. The lowest BCUT2D eigenvalue weighted by Crippen LogP contribution is -1.73. The highest BCUT2D eigenvalue weighted by Crippen LogP contribution is 1.91. The molecule has 25 nitrogen and oxygen atoms in total. The van der Waals surface area contributed by atoms with Gasteiger partial charge in [0.15, 0.2) is 12.7 Å². The minimum Gasteiger partial charge on any atom is -0.473 e. The van der Waals surface area contributed by atoms with Gasteiger partial charge in [-0.3, -0.25) is 25.0 Å². The number of thiazole rings is 1. The molecule has 0 radical (unpaired) electrons. The van der Waals surface area contributed by atoms with Crippen molar-refractivity contribution in [3.05, 3.63) is 289 Å². The Bertz CT molecular complexity index is 1860. The van der Waals surface area contributed by atoms with Gasteiger partial charge >= 0.3 is 0 Å². The number of hydrogen-bond donors (Lipinski definition) is 4. The second-order valence-corrected chi connectivity index (χ2v) is 12.5. The summed E-state index contributed by atoms with van der Waals surface area (Å²) in [6, 6.07) is 20.9. The average molecular weight is 1040 g/mol. The molecule has 74 heavy (non-hydrogen) atoms. The second-order valence-electron chi connectivity index (χ2n) is 10.9. The third-order valence-corrected chi connectivity index (χ3v) is 6.90. The SMILES string of the molecule is c1c[nH]cn1.c1c[nH]cn1.c1cc[nH]c1.c1ccncc1.c1ccoc1.c1ccsc1.c1cn[nH]c1.c1cnccn1.c1cncnc1.c1cocn1.c1cscn1.c1ncncn1.c1ncon1.c1nnco1. The van der Waals surface area contributed by atoms with E-state index in [-0.39, 0.29) is 0 Å². The maximum atomic E-state index is 4.58. The Hall–Kier alpha value is -10.7. The van der Waals surface area contributed by atoms with Crippen LogP contribution in [0.5, 0.6) is 0 Å². The largest absolute Gasteiger partial charge is 0.473 e. The van der Waals surface area contributed by atoms with Crippen LogP contribution in [0.2, 0.25) is 0 Å². The van der Waals surface area contributed by atoms with Crippen LogP contribution < -0.4 is 0 Å². The molecular weight excluding hydrogens is 987 g/mol. The first-order valence-corrected chi connectivity index (χ1v) is 22.5. The molecule has 0 aliphatic heterocycles. The summed E-state index contributed by atoms with van der Waals surface area (Å²) in [5.41, 5.74) is 1.79. The number of nitrogens with one attached hydrogen (secondary N) is 4. The number of imidazole rings is 2. The lowest BCUT2D eigenvalue weighted by Gasteiger charge is -1.70. The molecule has 0 aliphatic carbocycles. The smallest absolute Gasteiger partial charge is 0.213 e. The Balaban J connectivity index is 0.000000399. The monoisotopic (exact) mass is 1040 g/mol. The topological polar surface area (TPSA) is 335 Å². The lowest BCUT2D eigenvalue weighted by molar-refractivity contribution is 0.416. The van der Waals surface area contributed by atoms with Crippen molar-refractivity contribution in [3.63, 3.8) is 0 Å². The number of aromatic amines is 4. The Labute approximate surface area is 432 Å². The first-order valence-electron chi connectivity index (χ1n) is 20.6. The summed E-state index contributed by atoms with van der Waals surface area (Å²) in [7, 11) is 0. The molecule has 0 aliphatic rings. The number of furan rings is 1. The Morgan fingerprint density at radius 2 is 0.932 bits per heavy atom. The summed E-state index contributed by atoms with van der Waals surface area (Å²) in [6.07, 6.45) is 51.2. The second kappa shape index (κ2) is 58.5. The van der Waals surface area contributed by atoms with Gasteiger partial charge < -0.3 is 32.7 Å². The van der Waals surface area contributed by atoms with Crippen LogP contribution in [-0.4, -0.2) is 105 Å². The molecule has 14 aromatic heterocycles. The summed E-state index contributed by atoms with van der Waals surface area (Å²) < 4.78 is 17.6. The predicted molar refractivity (Wildman–Crippen MR) is 275 cm³/mol. The van der Waals surface area contributed by atoms with Crippen molar-refractivity contribution >= 4 is 22.7 Å². The molecule has 0 fully saturated rings. The zero-order valence-corrected chi connectivity index (χ0v) is 40.8. The van der Waals surface area contributed by atoms with Gasteiger partial charge in [0.1, 0.15) is 31.6 Å². The lowest BCUT2D eigenvalue weighted by atomic mass is 10.5. The van der Waals surface area contributed by atoms with Gasteiger partial charge in [-0.25, -0.2) is 44.9 Å². The summed E-state index contributed by atoms with van der Waals surface area (Å²) in [5, 5.41) is 22.1. The van der Waals surface area contributed by atoms with Crippen LogP contribution in [0.1, 0.15) is 0 Å².